The summed E-state index contributed by atoms with van der Waals surface area (Å²) >= 11 is 0. The molecule has 1 rings (SSSR count). The first kappa shape index (κ1) is 15.6. The van der Waals surface area contributed by atoms with Crippen LogP contribution in [0.4, 0.5) is 0 Å². The van der Waals surface area contributed by atoms with Gasteiger partial charge in [0.15, 0.2) is 0 Å². The van der Waals surface area contributed by atoms with E-state index in [1.54, 1.807) is 6.07 Å². The van der Waals surface area contributed by atoms with E-state index in [1.807, 2.05) is 19.9 Å². The molecule has 0 aliphatic heterocycles. The maximum Gasteiger partial charge on any atom is 0.240 e. The standard InChI is InChI=1S/C13H18N2O3S/c1-13(2,6-7-16)10-15-19(17,18)12-5-3-4-11(8-12)9-14/h3-5,8,15-16H,6-7,10H2,1-2H3. The maximum absolute atomic E-state index is 12.1. The zero-order valence-corrected chi connectivity index (χ0v) is 11.9. The molecule has 6 heteroatoms. The summed E-state index contributed by atoms with van der Waals surface area (Å²) in [6.45, 7) is 3.99. The van der Waals surface area contributed by atoms with Crippen molar-refractivity contribution in [1.82, 2.24) is 4.72 Å². The molecule has 0 heterocycles. The van der Waals surface area contributed by atoms with Gasteiger partial charge in [-0.05, 0) is 30.0 Å². The Hall–Kier alpha value is -1.42. The molecule has 0 fully saturated rings. The molecule has 0 radical (unpaired) electrons. The molecule has 0 bridgehead atoms. The minimum Gasteiger partial charge on any atom is -0.396 e. The van der Waals surface area contributed by atoms with Crippen LogP contribution in [0.2, 0.25) is 0 Å². The lowest BCUT2D eigenvalue weighted by atomic mass is 9.90. The highest BCUT2D eigenvalue weighted by molar-refractivity contribution is 7.89. The molecule has 0 aromatic heterocycles. The Morgan fingerprint density at radius 1 is 1.42 bits per heavy atom. The van der Waals surface area contributed by atoms with Gasteiger partial charge in [-0.1, -0.05) is 19.9 Å². The SMILES string of the molecule is CC(C)(CCO)CNS(=O)(=O)c1cccc(C#N)c1. The number of hydrogen-bond acceptors (Lipinski definition) is 4. The van der Waals surface area contributed by atoms with Crippen LogP contribution in [0.25, 0.3) is 0 Å². The second kappa shape index (κ2) is 6.15. The predicted molar refractivity (Wildman–Crippen MR) is 71.8 cm³/mol. The Bertz CT molecular complexity index is 574. The summed E-state index contributed by atoms with van der Waals surface area (Å²) in [4.78, 5) is 0.0753. The fraction of sp³-hybridized carbons (Fsp3) is 0.462. The van der Waals surface area contributed by atoms with Crippen molar-refractivity contribution in [3.05, 3.63) is 29.8 Å². The van der Waals surface area contributed by atoms with Crippen molar-refractivity contribution in [2.24, 2.45) is 5.41 Å². The molecule has 0 saturated carbocycles. The Morgan fingerprint density at radius 2 is 2.11 bits per heavy atom. The van der Waals surface area contributed by atoms with Crippen molar-refractivity contribution in [3.8, 4) is 6.07 Å². The second-order valence-corrected chi connectivity index (χ2v) is 6.87. The molecule has 1 aromatic rings. The lowest BCUT2D eigenvalue weighted by molar-refractivity contribution is 0.213. The predicted octanol–water partition coefficient (Wildman–Crippen LogP) is 1.25. The van der Waals surface area contributed by atoms with Gasteiger partial charge in [0.05, 0.1) is 16.5 Å². The molecule has 0 amide bonds. The third-order valence-electron chi connectivity index (χ3n) is 2.80. The normalized spacial score (nSPS) is 12.1. The molecular weight excluding hydrogens is 264 g/mol. The van der Waals surface area contributed by atoms with Gasteiger partial charge in [0.2, 0.25) is 10.0 Å². The lowest BCUT2D eigenvalue weighted by Crippen LogP contribution is -2.34. The van der Waals surface area contributed by atoms with Gasteiger partial charge in [0, 0.05) is 13.2 Å². The fourth-order valence-corrected chi connectivity index (χ4v) is 2.78. The van der Waals surface area contributed by atoms with E-state index in [2.05, 4.69) is 4.72 Å². The van der Waals surface area contributed by atoms with E-state index in [0.717, 1.165) is 0 Å². The van der Waals surface area contributed by atoms with E-state index in [-0.39, 0.29) is 23.5 Å². The van der Waals surface area contributed by atoms with Crippen LogP contribution < -0.4 is 4.72 Å². The zero-order chi connectivity index (χ0) is 14.5. The van der Waals surface area contributed by atoms with Gasteiger partial charge in [0.25, 0.3) is 0 Å². The number of aliphatic hydroxyl groups is 1. The smallest absolute Gasteiger partial charge is 0.240 e. The summed E-state index contributed by atoms with van der Waals surface area (Å²) in [5.41, 5.74) is -0.0215. The summed E-state index contributed by atoms with van der Waals surface area (Å²) < 4.78 is 26.6. The Labute approximate surface area is 113 Å². The molecule has 0 aliphatic carbocycles. The monoisotopic (exact) mass is 282 g/mol. The quantitative estimate of drug-likeness (QED) is 0.821. The zero-order valence-electron chi connectivity index (χ0n) is 11.0. The summed E-state index contributed by atoms with van der Waals surface area (Å²) in [7, 11) is -3.63. The van der Waals surface area contributed by atoms with Crippen LogP contribution in [0.3, 0.4) is 0 Å². The van der Waals surface area contributed by atoms with Crippen LogP contribution >= 0.6 is 0 Å². The fourth-order valence-electron chi connectivity index (χ4n) is 1.50. The maximum atomic E-state index is 12.1. The molecule has 0 spiro atoms. The third-order valence-corrected chi connectivity index (χ3v) is 4.20. The van der Waals surface area contributed by atoms with Crippen molar-refractivity contribution >= 4 is 10.0 Å². The Kier molecular flexibility index (Phi) is 5.06. The van der Waals surface area contributed by atoms with Gasteiger partial charge in [-0.3, -0.25) is 0 Å². The van der Waals surface area contributed by atoms with Gasteiger partial charge in [0.1, 0.15) is 0 Å². The number of benzene rings is 1. The Morgan fingerprint density at radius 3 is 2.68 bits per heavy atom. The van der Waals surface area contributed by atoms with Crippen LogP contribution in [-0.2, 0) is 10.0 Å². The van der Waals surface area contributed by atoms with Crippen molar-refractivity contribution in [3.63, 3.8) is 0 Å². The molecule has 19 heavy (non-hydrogen) atoms. The molecular formula is C13H18N2O3S. The second-order valence-electron chi connectivity index (χ2n) is 5.10. The van der Waals surface area contributed by atoms with Crippen molar-refractivity contribution in [2.75, 3.05) is 13.2 Å². The third kappa shape index (κ3) is 4.63. The first-order chi connectivity index (χ1) is 8.80. The number of nitrogens with one attached hydrogen (secondary N) is 1. The largest absolute Gasteiger partial charge is 0.396 e. The van der Waals surface area contributed by atoms with E-state index in [9.17, 15) is 8.42 Å². The van der Waals surface area contributed by atoms with E-state index >= 15 is 0 Å². The highest BCUT2D eigenvalue weighted by Crippen LogP contribution is 2.19. The van der Waals surface area contributed by atoms with E-state index in [1.165, 1.54) is 18.2 Å². The van der Waals surface area contributed by atoms with Gasteiger partial charge in [-0.2, -0.15) is 5.26 Å². The van der Waals surface area contributed by atoms with Gasteiger partial charge < -0.3 is 5.11 Å². The molecule has 2 N–H and O–H groups in total. The number of aliphatic hydroxyl groups excluding tert-OH is 1. The molecule has 0 saturated heterocycles. The van der Waals surface area contributed by atoms with Gasteiger partial charge >= 0.3 is 0 Å². The topological polar surface area (TPSA) is 90.2 Å². The highest BCUT2D eigenvalue weighted by Gasteiger charge is 2.22. The van der Waals surface area contributed by atoms with Crippen LogP contribution in [0.1, 0.15) is 25.8 Å². The molecule has 0 atom stereocenters. The van der Waals surface area contributed by atoms with Crippen LogP contribution in [-0.4, -0.2) is 26.7 Å². The summed E-state index contributed by atoms with van der Waals surface area (Å²) in [5, 5.41) is 17.7. The minimum atomic E-state index is -3.63. The number of hydrogen-bond donors (Lipinski definition) is 2. The lowest BCUT2D eigenvalue weighted by Gasteiger charge is -2.23. The molecule has 0 unspecified atom stereocenters. The number of nitrogens with zero attached hydrogens (tertiary/aromatic N) is 1. The average Bonchev–Trinajstić information content (AvgIpc) is 2.37. The van der Waals surface area contributed by atoms with Crippen LogP contribution in [0, 0.1) is 16.7 Å². The van der Waals surface area contributed by atoms with Crippen molar-refractivity contribution < 1.29 is 13.5 Å². The number of sulfonamides is 1. The van der Waals surface area contributed by atoms with Crippen LogP contribution in [0.15, 0.2) is 29.2 Å². The summed E-state index contributed by atoms with van der Waals surface area (Å²) in [5.74, 6) is 0. The molecule has 1 aromatic carbocycles. The van der Waals surface area contributed by atoms with Gasteiger partial charge in [-0.25, -0.2) is 13.1 Å². The van der Waals surface area contributed by atoms with Crippen molar-refractivity contribution in [1.29, 1.82) is 5.26 Å². The summed E-state index contributed by atoms with van der Waals surface area (Å²) in [6, 6.07) is 7.77. The van der Waals surface area contributed by atoms with Crippen LogP contribution in [0.5, 0.6) is 0 Å². The minimum absolute atomic E-state index is 0.0125. The number of rotatable bonds is 6. The molecule has 0 aliphatic rings. The highest BCUT2D eigenvalue weighted by atomic mass is 32.2. The first-order valence-electron chi connectivity index (χ1n) is 5.91. The molecule has 5 nitrogen and oxygen atoms in total. The van der Waals surface area contributed by atoms with Crippen molar-refractivity contribution in [2.45, 2.75) is 25.2 Å². The van der Waals surface area contributed by atoms with Gasteiger partial charge in [-0.15, -0.1) is 0 Å². The van der Waals surface area contributed by atoms with E-state index < -0.39 is 10.0 Å². The molecule has 104 valence electrons. The van der Waals surface area contributed by atoms with E-state index in [4.69, 9.17) is 10.4 Å². The first-order valence-corrected chi connectivity index (χ1v) is 7.40. The number of nitriles is 1. The van der Waals surface area contributed by atoms with E-state index in [0.29, 0.717) is 12.0 Å². The summed E-state index contributed by atoms with van der Waals surface area (Å²) in [6.07, 6.45) is 0.508. The Balaban J connectivity index is 2.85. The average molecular weight is 282 g/mol.